The number of anilines is 1. The van der Waals surface area contributed by atoms with Crippen LogP contribution >= 0.6 is 0 Å². The number of nitrogens with two attached hydrogens (primary N) is 1. The SMILES string of the molecule is Nc1cc(CC[C@@H]2CN(S(=O)(=O)c3cn[nH]c3)CCO2)ccn1. The Morgan fingerprint density at radius 1 is 1.48 bits per heavy atom. The smallest absolute Gasteiger partial charge is 0.246 e. The fourth-order valence-corrected chi connectivity index (χ4v) is 3.96. The molecule has 1 atom stereocenters. The monoisotopic (exact) mass is 337 g/mol. The van der Waals surface area contributed by atoms with Crippen molar-refractivity contribution >= 4 is 15.8 Å². The number of rotatable bonds is 5. The summed E-state index contributed by atoms with van der Waals surface area (Å²) < 4.78 is 32.1. The van der Waals surface area contributed by atoms with E-state index in [4.69, 9.17) is 10.5 Å². The Labute approximate surface area is 134 Å². The second-order valence-electron chi connectivity index (χ2n) is 5.42. The van der Waals surface area contributed by atoms with Gasteiger partial charge in [0.05, 0.1) is 18.9 Å². The number of hydrogen-bond donors (Lipinski definition) is 2. The lowest BCUT2D eigenvalue weighted by Crippen LogP contribution is -2.45. The lowest BCUT2D eigenvalue weighted by Gasteiger charge is -2.31. The van der Waals surface area contributed by atoms with Gasteiger partial charge >= 0.3 is 0 Å². The van der Waals surface area contributed by atoms with Gasteiger partial charge < -0.3 is 10.5 Å². The molecular weight excluding hydrogens is 318 g/mol. The first kappa shape index (κ1) is 15.9. The Balaban J connectivity index is 1.62. The number of nitrogen functional groups attached to an aromatic ring is 1. The van der Waals surface area contributed by atoms with Crippen molar-refractivity contribution in [2.75, 3.05) is 25.4 Å². The minimum Gasteiger partial charge on any atom is -0.384 e. The summed E-state index contributed by atoms with van der Waals surface area (Å²) in [4.78, 5) is 4.14. The summed E-state index contributed by atoms with van der Waals surface area (Å²) in [6.45, 7) is 1.08. The number of ether oxygens (including phenoxy) is 1. The molecule has 0 aromatic carbocycles. The van der Waals surface area contributed by atoms with E-state index in [0.717, 1.165) is 18.4 Å². The standard InChI is InChI=1S/C14H19N5O3S/c15-14-7-11(3-4-16-14)1-2-12-10-19(5-6-22-12)23(20,21)13-8-17-18-9-13/h3-4,7-9,12H,1-2,5-6,10H2,(H2,15,16)(H,17,18)/t12-/m1/s1. The molecule has 1 aliphatic rings. The third-order valence-corrected chi connectivity index (χ3v) is 5.64. The van der Waals surface area contributed by atoms with Crippen LogP contribution in [0, 0.1) is 0 Å². The summed E-state index contributed by atoms with van der Waals surface area (Å²) in [7, 11) is -3.51. The van der Waals surface area contributed by atoms with Gasteiger partial charge in [0.25, 0.3) is 0 Å². The Morgan fingerprint density at radius 3 is 3.09 bits per heavy atom. The van der Waals surface area contributed by atoms with Crippen LogP contribution < -0.4 is 5.73 Å². The first-order valence-corrected chi connectivity index (χ1v) is 8.80. The van der Waals surface area contributed by atoms with Gasteiger partial charge in [0, 0.05) is 25.5 Å². The van der Waals surface area contributed by atoms with Gasteiger partial charge in [-0.3, -0.25) is 5.10 Å². The predicted octanol–water partition coefficient (Wildman–Crippen LogP) is 0.409. The van der Waals surface area contributed by atoms with E-state index in [9.17, 15) is 8.42 Å². The molecule has 0 spiro atoms. The van der Waals surface area contributed by atoms with Crippen molar-refractivity contribution < 1.29 is 13.2 Å². The number of aromatic amines is 1. The van der Waals surface area contributed by atoms with Crippen LogP contribution in [-0.2, 0) is 21.2 Å². The van der Waals surface area contributed by atoms with Crippen molar-refractivity contribution in [2.24, 2.45) is 0 Å². The molecule has 3 heterocycles. The molecule has 1 fully saturated rings. The van der Waals surface area contributed by atoms with Gasteiger partial charge in [-0.25, -0.2) is 13.4 Å². The van der Waals surface area contributed by atoms with Crippen molar-refractivity contribution in [3.05, 3.63) is 36.3 Å². The van der Waals surface area contributed by atoms with Crippen LogP contribution in [0.4, 0.5) is 5.82 Å². The number of hydrogen-bond acceptors (Lipinski definition) is 6. The van der Waals surface area contributed by atoms with Gasteiger partial charge in [0.15, 0.2) is 0 Å². The number of pyridine rings is 1. The maximum Gasteiger partial charge on any atom is 0.246 e. The van der Waals surface area contributed by atoms with Crippen LogP contribution in [-0.4, -0.2) is 53.7 Å². The highest BCUT2D eigenvalue weighted by Crippen LogP contribution is 2.20. The normalized spacial score (nSPS) is 19.7. The zero-order valence-electron chi connectivity index (χ0n) is 12.6. The average Bonchev–Trinajstić information content (AvgIpc) is 3.09. The predicted molar refractivity (Wildman–Crippen MR) is 84.1 cm³/mol. The summed E-state index contributed by atoms with van der Waals surface area (Å²) in [5.41, 5.74) is 6.73. The molecule has 3 rings (SSSR count). The molecule has 0 aliphatic carbocycles. The van der Waals surface area contributed by atoms with Crippen LogP contribution in [0.2, 0.25) is 0 Å². The Kier molecular flexibility index (Phi) is 4.60. The lowest BCUT2D eigenvalue weighted by molar-refractivity contribution is -0.00526. The fourth-order valence-electron chi connectivity index (χ4n) is 2.59. The molecule has 3 N–H and O–H groups in total. The van der Waals surface area contributed by atoms with E-state index in [1.54, 1.807) is 6.20 Å². The topological polar surface area (TPSA) is 114 Å². The van der Waals surface area contributed by atoms with E-state index in [2.05, 4.69) is 15.2 Å². The Bertz CT molecular complexity index is 748. The quantitative estimate of drug-likeness (QED) is 0.817. The van der Waals surface area contributed by atoms with E-state index in [-0.39, 0.29) is 11.0 Å². The molecule has 0 radical (unpaired) electrons. The van der Waals surface area contributed by atoms with Crippen LogP contribution in [0.3, 0.4) is 0 Å². The van der Waals surface area contributed by atoms with E-state index >= 15 is 0 Å². The Morgan fingerprint density at radius 2 is 2.35 bits per heavy atom. The van der Waals surface area contributed by atoms with Crippen LogP contribution in [0.15, 0.2) is 35.6 Å². The highest BCUT2D eigenvalue weighted by molar-refractivity contribution is 7.89. The van der Waals surface area contributed by atoms with Crippen molar-refractivity contribution in [1.82, 2.24) is 19.5 Å². The molecule has 8 nitrogen and oxygen atoms in total. The molecule has 23 heavy (non-hydrogen) atoms. The highest BCUT2D eigenvalue weighted by Gasteiger charge is 2.31. The maximum absolute atomic E-state index is 12.5. The van der Waals surface area contributed by atoms with Crippen molar-refractivity contribution in [1.29, 1.82) is 0 Å². The number of aryl methyl sites for hydroxylation is 1. The molecule has 0 bridgehead atoms. The number of H-pyrrole nitrogens is 1. The third-order valence-electron chi connectivity index (χ3n) is 3.81. The van der Waals surface area contributed by atoms with Gasteiger partial charge in [-0.05, 0) is 30.5 Å². The van der Waals surface area contributed by atoms with Crippen molar-refractivity contribution in [2.45, 2.75) is 23.8 Å². The number of morpholine rings is 1. The zero-order valence-corrected chi connectivity index (χ0v) is 13.4. The van der Waals surface area contributed by atoms with Crippen molar-refractivity contribution in [3.8, 4) is 0 Å². The molecule has 2 aromatic rings. The van der Waals surface area contributed by atoms with Gasteiger partial charge in [-0.15, -0.1) is 0 Å². The third kappa shape index (κ3) is 3.69. The van der Waals surface area contributed by atoms with E-state index in [1.165, 1.54) is 16.7 Å². The van der Waals surface area contributed by atoms with Gasteiger partial charge in [-0.2, -0.15) is 9.40 Å². The van der Waals surface area contributed by atoms with Crippen LogP contribution in [0.5, 0.6) is 0 Å². The second-order valence-corrected chi connectivity index (χ2v) is 7.36. The summed E-state index contributed by atoms with van der Waals surface area (Å²) in [6, 6.07) is 3.72. The van der Waals surface area contributed by atoms with Crippen LogP contribution in [0.25, 0.3) is 0 Å². The van der Waals surface area contributed by atoms with Gasteiger partial charge in [0.2, 0.25) is 10.0 Å². The molecule has 0 amide bonds. The van der Waals surface area contributed by atoms with Crippen molar-refractivity contribution in [3.63, 3.8) is 0 Å². The minimum absolute atomic E-state index is 0.139. The molecule has 9 heteroatoms. The number of nitrogens with zero attached hydrogens (tertiary/aromatic N) is 3. The lowest BCUT2D eigenvalue weighted by atomic mass is 10.1. The highest BCUT2D eigenvalue weighted by atomic mass is 32.2. The molecule has 2 aromatic heterocycles. The molecule has 1 aliphatic heterocycles. The zero-order chi connectivity index (χ0) is 16.3. The summed E-state index contributed by atoms with van der Waals surface area (Å²) in [5.74, 6) is 0.483. The minimum atomic E-state index is -3.51. The molecular formula is C14H19N5O3S. The first-order chi connectivity index (χ1) is 11.1. The molecule has 0 saturated carbocycles. The summed E-state index contributed by atoms with van der Waals surface area (Å²) in [6.07, 6.45) is 5.72. The first-order valence-electron chi connectivity index (χ1n) is 7.36. The fraction of sp³-hybridized carbons (Fsp3) is 0.429. The molecule has 0 unspecified atom stereocenters. The van der Waals surface area contributed by atoms with Gasteiger partial charge in [-0.1, -0.05) is 0 Å². The van der Waals surface area contributed by atoms with Gasteiger partial charge in [0.1, 0.15) is 10.7 Å². The summed E-state index contributed by atoms with van der Waals surface area (Å²) >= 11 is 0. The van der Waals surface area contributed by atoms with Crippen LogP contribution in [0.1, 0.15) is 12.0 Å². The average molecular weight is 337 g/mol. The molecule has 124 valence electrons. The summed E-state index contributed by atoms with van der Waals surface area (Å²) in [5, 5.41) is 6.24. The number of sulfonamides is 1. The van der Waals surface area contributed by atoms with E-state index in [0.29, 0.717) is 25.5 Å². The number of aromatic nitrogens is 3. The Hall–Kier alpha value is -1.97. The van der Waals surface area contributed by atoms with E-state index in [1.807, 2.05) is 12.1 Å². The second kappa shape index (κ2) is 6.65. The largest absolute Gasteiger partial charge is 0.384 e. The number of nitrogens with one attached hydrogen (secondary N) is 1. The maximum atomic E-state index is 12.5. The molecule has 1 saturated heterocycles. The van der Waals surface area contributed by atoms with E-state index < -0.39 is 10.0 Å².